The van der Waals surface area contributed by atoms with Crippen molar-refractivity contribution in [2.24, 2.45) is 0 Å². The number of hydrogen-bond acceptors (Lipinski definition) is 10. The van der Waals surface area contributed by atoms with E-state index in [1.807, 2.05) is 66.7 Å². The fraction of sp³-hybridized carbons (Fsp3) is 0.219. The maximum Gasteiger partial charge on any atom is 0.514 e. The summed E-state index contributed by atoms with van der Waals surface area (Å²) in [5, 5.41) is 14.9. The Hall–Kier alpha value is -5.49. The molecule has 0 amide bonds. The fourth-order valence-corrected chi connectivity index (χ4v) is 4.63. The van der Waals surface area contributed by atoms with Gasteiger partial charge in [0.25, 0.3) is 5.09 Å². The Morgan fingerprint density at radius 3 is 2.39 bits per heavy atom. The van der Waals surface area contributed by atoms with Gasteiger partial charge in [0.2, 0.25) is 0 Å². The Morgan fingerprint density at radius 2 is 1.57 bits per heavy atom. The largest absolute Gasteiger partial charge is 0.514 e. The lowest BCUT2D eigenvalue weighted by atomic mass is 10.1. The highest BCUT2D eigenvalue weighted by molar-refractivity contribution is 6.10. The van der Waals surface area contributed by atoms with Crippen LogP contribution in [0, 0.1) is 10.1 Å². The molecule has 2 N–H and O–H groups in total. The third-order valence-corrected chi connectivity index (χ3v) is 6.65. The molecule has 1 unspecified atom stereocenters. The number of hydrogen-bond donors (Lipinski definition) is 2. The normalized spacial score (nSPS) is 11.6. The summed E-state index contributed by atoms with van der Waals surface area (Å²) in [6.07, 6.45) is -1.76. The van der Waals surface area contributed by atoms with Gasteiger partial charge in [-0.3, -0.25) is 0 Å². The average Bonchev–Trinajstić information content (AvgIpc) is 3.42. The van der Waals surface area contributed by atoms with Crippen molar-refractivity contribution in [3.05, 3.63) is 107 Å². The fourth-order valence-electron chi connectivity index (χ4n) is 4.63. The van der Waals surface area contributed by atoms with Gasteiger partial charge >= 0.3 is 6.16 Å². The zero-order chi connectivity index (χ0) is 30.7. The Kier molecular flexibility index (Phi) is 9.95. The molecule has 1 aromatic heterocycles. The molecule has 1 heterocycles. The van der Waals surface area contributed by atoms with Crippen LogP contribution < -0.4 is 24.3 Å². The third-order valence-electron chi connectivity index (χ3n) is 6.65. The van der Waals surface area contributed by atoms with Gasteiger partial charge in [-0.2, -0.15) is 0 Å². The van der Waals surface area contributed by atoms with Crippen LogP contribution in [0.1, 0.15) is 5.56 Å². The van der Waals surface area contributed by atoms with E-state index in [9.17, 15) is 14.9 Å². The van der Waals surface area contributed by atoms with E-state index in [1.165, 1.54) is 6.07 Å². The van der Waals surface area contributed by atoms with Crippen molar-refractivity contribution < 1.29 is 38.4 Å². The van der Waals surface area contributed by atoms with E-state index >= 15 is 0 Å². The van der Waals surface area contributed by atoms with Crippen LogP contribution in [0.5, 0.6) is 23.0 Å². The minimum Gasteiger partial charge on any atom is -0.493 e. The summed E-state index contributed by atoms with van der Waals surface area (Å²) in [5.74, 6) is 1.95. The third kappa shape index (κ3) is 7.66. The maximum absolute atomic E-state index is 12.9. The molecule has 0 saturated heterocycles. The molecule has 5 aromatic rings. The highest BCUT2D eigenvalue weighted by atomic mass is 16.9. The SMILES string of the molecule is COc1ccccc1OCCNCC(COc1cccc2[nH]c3ccccc3c12)OC(=O)Oc1ccccc1CO[N+](=O)[O-]. The number of rotatable bonds is 15. The van der Waals surface area contributed by atoms with Crippen LogP contribution in [0.4, 0.5) is 4.79 Å². The molecule has 0 fully saturated rings. The number of nitrogens with one attached hydrogen (secondary N) is 2. The average molecular weight is 602 g/mol. The van der Waals surface area contributed by atoms with Gasteiger partial charge in [0.1, 0.15) is 31.3 Å². The van der Waals surface area contributed by atoms with E-state index in [0.717, 1.165) is 21.8 Å². The first-order chi connectivity index (χ1) is 21.5. The molecule has 0 aliphatic carbocycles. The number of benzene rings is 4. The Balaban J connectivity index is 1.25. The van der Waals surface area contributed by atoms with E-state index in [-0.39, 0.29) is 25.5 Å². The molecule has 0 spiro atoms. The van der Waals surface area contributed by atoms with Crippen LogP contribution in [0.2, 0.25) is 0 Å². The smallest absolute Gasteiger partial charge is 0.493 e. The first-order valence-electron chi connectivity index (χ1n) is 13.8. The minimum atomic E-state index is -0.996. The van der Waals surface area contributed by atoms with Gasteiger partial charge in [0, 0.05) is 34.9 Å². The van der Waals surface area contributed by atoms with E-state index in [2.05, 4.69) is 15.1 Å². The molecule has 0 bridgehead atoms. The molecule has 228 valence electrons. The molecule has 0 radical (unpaired) electrons. The molecule has 12 nitrogen and oxygen atoms in total. The maximum atomic E-state index is 12.9. The number of para-hydroxylation sites is 4. The second kappa shape index (κ2) is 14.6. The topological polar surface area (TPSA) is 143 Å². The van der Waals surface area contributed by atoms with Gasteiger partial charge in [-0.05, 0) is 36.4 Å². The molecule has 0 aliphatic rings. The van der Waals surface area contributed by atoms with Crippen molar-refractivity contribution in [3.8, 4) is 23.0 Å². The van der Waals surface area contributed by atoms with Crippen LogP contribution in [-0.2, 0) is 16.2 Å². The van der Waals surface area contributed by atoms with Crippen LogP contribution in [0.3, 0.4) is 0 Å². The summed E-state index contributed by atoms with van der Waals surface area (Å²) in [6, 6.07) is 27.3. The van der Waals surface area contributed by atoms with Gasteiger partial charge in [0.05, 0.1) is 12.6 Å². The van der Waals surface area contributed by atoms with E-state index < -0.39 is 17.3 Å². The first-order valence-corrected chi connectivity index (χ1v) is 13.8. The molecule has 0 saturated carbocycles. The molecular formula is C32H31N3O9. The number of carbonyl (C=O) groups is 1. The highest BCUT2D eigenvalue weighted by Gasteiger charge is 2.20. The lowest BCUT2D eigenvalue weighted by molar-refractivity contribution is -0.763. The monoisotopic (exact) mass is 601 g/mol. The number of ether oxygens (including phenoxy) is 5. The summed E-state index contributed by atoms with van der Waals surface area (Å²) in [6.45, 7) is 0.620. The lowest BCUT2D eigenvalue weighted by Crippen LogP contribution is -2.37. The number of nitrogens with zero attached hydrogens (tertiary/aromatic N) is 1. The van der Waals surface area contributed by atoms with Gasteiger partial charge in [-0.15, -0.1) is 10.1 Å². The zero-order valence-electron chi connectivity index (χ0n) is 23.9. The summed E-state index contributed by atoms with van der Waals surface area (Å²) < 4.78 is 28.4. The lowest BCUT2D eigenvalue weighted by Gasteiger charge is -2.20. The van der Waals surface area contributed by atoms with Crippen molar-refractivity contribution in [1.82, 2.24) is 10.3 Å². The van der Waals surface area contributed by atoms with Gasteiger partial charge < -0.3 is 38.8 Å². The number of carbonyl (C=O) groups excluding carboxylic acids is 1. The van der Waals surface area contributed by atoms with Crippen LogP contribution in [0.25, 0.3) is 21.8 Å². The predicted octanol–water partition coefficient (Wildman–Crippen LogP) is 5.67. The quantitative estimate of drug-likeness (QED) is 0.0506. The molecule has 1 atom stereocenters. The predicted molar refractivity (Wildman–Crippen MR) is 162 cm³/mol. The molecule has 44 heavy (non-hydrogen) atoms. The zero-order valence-corrected chi connectivity index (χ0v) is 23.9. The molecule has 5 rings (SSSR count). The van der Waals surface area contributed by atoms with Crippen LogP contribution >= 0.6 is 0 Å². The van der Waals surface area contributed by atoms with E-state index in [4.69, 9.17) is 23.7 Å². The second-order valence-corrected chi connectivity index (χ2v) is 9.56. The summed E-state index contributed by atoms with van der Waals surface area (Å²) in [5.41, 5.74) is 2.21. The highest BCUT2D eigenvalue weighted by Crippen LogP contribution is 2.33. The first kappa shape index (κ1) is 30.0. The van der Waals surface area contributed by atoms with Crippen LogP contribution in [-0.4, -0.2) is 55.7 Å². The number of aromatic amines is 1. The summed E-state index contributed by atoms with van der Waals surface area (Å²) in [7, 11) is 1.58. The standard InChI is InChI=1S/C32H31N3O9/c1-39-28-14-6-7-15-29(28)40-18-17-33-19-23(43-32(36)44-27-13-5-2-9-22(27)20-42-35(37)38)21-41-30-16-8-12-26-31(30)24-10-3-4-11-25(24)34-26/h2-16,23,33-34H,17-21H2,1H3. The molecule has 4 aromatic carbocycles. The van der Waals surface area contributed by atoms with Gasteiger partial charge in [-0.25, -0.2) is 4.79 Å². The Labute approximate surface area is 252 Å². The second-order valence-electron chi connectivity index (χ2n) is 9.56. The van der Waals surface area contributed by atoms with Crippen molar-refractivity contribution in [2.45, 2.75) is 12.7 Å². The van der Waals surface area contributed by atoms with Crippen LogP contribution in [0.15, 0.2) is 91.0 Å². The Bertz CT molecular complexity index is 1720. The van der Waals surface area contributed by atoms with Gasteiger partial charge in [-0.1, -0.05) is 54.6 Å². The Morgan fingerprint density at radius 1 is 0.864 bits per heavy atom. The van der Waals surface area contributed by atoms with Crippen molar-refractivity contribution in [2.75, 3.05) is 33.4 Å². The summed E-state index contributed by atoms with van der Waals surface area (Å²) in [4.78, 5) is 31.3. The summed E-state index contributed by atoms with van der Waals surface area (Å²) >= 11 is 0. The number of H-pyrrole nitrogens is 1. The van der Waals surface area contributed by atoms with Crippen molar-refractivity contribution >= 4 is 28.0 Å². The van der Waals surface area contributed by atoms with Gasteiger partial charge in [0.15, 0.2) is 17.6 Å². The number of fused-ring (bicyclic) bond motifs is 3. The van der Waals surface area contributed by atoms with Crippen molar-refractivity contribution in [3.63, 3.8) is 0 Å². The van der Waals surface area contributed by atoms with E-state index in [1.54, 1.807) is 25.3 Å². The molecule has 0 aliphatic heterocycles. The van der Waals surface area contributed by atoms with E-state index in [0.29, 0.717) is 36.0 Å². The number of methoxy groups -OCH3 is 1. The number of aromatic nitrogens is 1. The minimum absolute atomic E-state index is 0.0141. The molecular weight excluding hydrogens is 570 g/mol. The van der Waals surface area contributed by atoms with Crippen molar-refractivity contribution in [1.29, 1.82) is 0 Å². The molecule has 12 heteroatoms.